The van der Waals surface area contributed by atoms with Crippen LogP contribution in [-0.4, -0.2) is 30.1 Å². The summed E-state index contributed by atoms with van der Waals surface area (Å²) in [5.41, 5.74) is 5.52. The molecule has 7 heteroatoms. The van der Waals surface area contributed by atoms with E-state index in [1.807, 2.05) is 0 Å². The summed E-state index contributed by atoms with van der Waals surface area (Å²) in [5, 5.41) is 0.435. The minimum atomic E-state index is -2.28. The van der Waals surface area contributed by atoms with Gasteiger partial charge in [-0.2, -0.15) is 0 Å². The normalized spacial score (nSPS) is 18.5. The zero-order valence-corrected chi connectivity index (χ0v) is 16.7. The van der Waals surface area contributed by atoms with Crippen molar-refractivity contribution in [1.29, 1.82) is 0 Å². The topological polar surface area (TPSA) is 75.8 Å². The molecule has 3 aromatic rings. The first-order valence-electron chi connectivity index (χ1n) is 9.14. The molecule has 1 aliphatic heterocycles. The summed E-state index contributed by atoms with van der Waals surface area (Å²) in [6, 6.07) is 18.9. The molecular weight excluding hydrogens is 405 g/mol. The number of ketones is 1. The maximum Gasteiger partial charge on any atom is 0.277 e. The third-order valence-corrected chi connectivity index (χ3v) is 5.27. The van der Waals surface area contributed by atoms with E-state index in [-0.39, 0.29) is 16.8 Å². The molecule has 30 heavy (non-hydrogen) atoms. The third kappa shape index (κ3) is 3.20. The van der Waals surface area contributed by atoms with Crippen molar-refractivity contribution in [2.45, 2.75) is 5.66 Å². The molecule has 0 saturated heterocycles. The lowest BCUT2D eigenvalue weighted by Gasteiger charge is -2.26. The number of para-hydroxylation sites is 1. The molecule has 3 aromatic carbocycles. The van der Waals surface area contributed by atoms with Gasteiger partial charge in [-0.05, 0) is 42.5 Å². The molecule has 0 bridgehead atoms. The summed E-state index contributed by atoms with van der Waals surface area (Å²) in [5.74, 6) is -1.97. The Hall–Kier alpha value is -3.35. The average Bonchev–Trinajstić information content (AvgIpc) is 2.84. The zero-order valence-electron chi connectivity index (χ0n) is 16.0. The van der Waals surface area contributed by atoms with Crippen LogP contribution in [0.1, 0.15) is 21.5 Å². The fourth-order valence-corrected chi connectivity index (χ4v) is 3.57. The number of halogens is 2. The molecule has 1 amide bonds. The lowest BCUT2D eigenvalue weighted by molar-refractivity contribution is -0.121. The predicted molar refractivity (Wildman–Crippen MR) is 115 cm³/mol. The van der Waals surface area contributed by atoms with Crippen molar-refractivity contribution in [3.8, 4) is 0 Å². The number of rotatable bonds is 3. The highest BCUT2D eigenvalue weighted by atomic mass is 35.5. The van der Waals surface area contributed by atoms with Gasteiger partial charge in [0, 0.05) is 28.8 Å². The van der Waals surface area contributed by atoms with E-state index in [0.717, 1.165) is 0 Å². The van der Waals surface area contributed by atoms with Gasteiger partial charge in [0.1, 0.15) is 5.82 Å². The largest absolute Gasteiger partial charge is 0.311 e. The van der Waals surface area contributed by atoms with Gasteiger partial charge in [0.2, 0.25) is 5.78 Å². The summed E-state index contributed by atoms with van der Waals surface area (Å²) in [6.45, 7) is 0. The standard InChI is InChI=1S/C23H17ClFN3O2/c1-28-19-9-5-3-7-17(19)20(16-6-2-4-8-18(16)25)27-23(26,22(28)30)21(29)14-10-12-15(24)13-11-14/h2-13H,26H2,1H3. The maximum absolute atomic E-state index is 14.7. The Bertz CT molecular complexity index is 1190. The number of fused-ring (bicyclic) bond motifs is 1. The number of likely N-dealkylation sites (N-methyl/N-ethyl adjacent to an activating group) is 1. The van der Waals surface area contributed by atoms with Crippen LogP contribution in [0.2, 0.25) is 5.02 Å². The van der Waals surface area contributed by atoms with Crippen LogP contribution < -0.4 is 10.6 Å². The molecule has 0 radical (unpaired) electrons. The molecule has 1 heterocycles. The van der Waals surface area contributed by atoms with Crippen molar-refractivity contribution in [1.82, 2.24) is 0 Å². The highest BCUT2D eigenvalue weighted by Gasteiger charge is 2.47. The van der Waals surface area contributed by atoms with Crippen LogP contribution >= 0.6 is 11.6 Å². The summed E-state index contributed by atoms with van der Waals surface area (Å²) in [6.07, 6.45) is 0. The van der Waals surface area contributed by atoms with Crippen LogP contribution in [-0.2, 0) is 4.79 Å². The lowest BCUT2D eigenvalue weighted by Crippen LogP contribution is -2.58. The molecule has 150 valence electrons. The number of hydrogen-bond acceptors (Lipinski definition) is 4. The Kier molecular flexibility index (Phi) is 4.97. The summed E-state index contributed by atoms with van der Waals surface area (Å²) in [4.78, 5) is 32.3. The van der Waals surface area contributed by atoms with Crippen LogP contribution in [0.5, 0.6) is 0 Å². The number of benzodiazepines with no additional fused rings is 1. The van der Waals surface area contributed by atoms with Gasteiger partial charge >= 0.3 is 0 Å². The number of benzene rings is 3. The maximum atomic E-state index is 14.7. The summed E-state index contributed by atoms with van der Waals surface area (Å²) >= 11 is 5.91. The van der Waals surface area contributed by atoms with Crippen LogP contribution in [0, 0.1) is 5.82 Å². The van der Waals surface area contributed by atoms with E-state index in [2.05, 4.69) is 4.99 Å². The molecule has 0 aromatic heterocycles. The monoisotopic (exact) mass is 421 g/mol. The van der Waals surface area contributed by atoms with Crippen molar-refractivity contribution in [2.75, 3.05) is 11.9 Å². The second-order valence-electron chi connectivity index (χ2n) is 6.92. The molecule has 1 unspecified atom stereocenters. The van der Waals surface area contributed by atoms with E-state index in [4.69, 9.17) is 17.3 Å². The third-order valence-electron chi connectivity index (χ3n) is 5.02. The Labute approximate surface area is 177 Å². The molecule has 0 fully saturated rings. The van der Waals surface area contributed by atoms with Crippen molar-refractivity contribution in [3.63, 3.8) is 0 Å². The smallest absolute Gasteiger partial charge is 0.277 e. The van der Waals surface area contributed by atoms with Gasteiger partial charge < -0.3 is 4.90 Å². The van der Waals surface area contributed by atoms with Crippen molar-refractivity contribution in [2.24, 2.45) is 10.7 Å². The van der Waals surface area contributed by atoms with Gasteiger partial charge in [-0.25, -0.2) is 9.38 Å². The first kappa shape index (κ1) is 19.9. The van der Waals surface area contributed by atoms with Crippen molar-refractivity contribution >= 4 is 34.7 Å². The molecule has 0 spiro atoms. The van der Waals surface area contributed by atoms with E-state index in [9.17, 15) is 14.0 Å². The number of nitrogens with zero attached hydrogens (tertiary/aromatic N) is 2. The minimum absolute atomic E-state index is 0.131. The average molecular weight is 422 g/mol. The molecule has 4 rings (SSSR count). The van der Waals surface area contributed by atoms with E-state index < -0.39 is 23.2 Å². The van der Waals surface area contributed by atoms with E-state index >= 15 is 0 Å². The van der Waals surface area contributed by atoms with Crippen LogP contribution in [0.3, 0.4) is 0 Å². The number of Topliss-reactive ketones (excluding diaryl/α,β-unsaturated/α-hetero) is 1. The van der Waals surface area contributed by atoms with Crippen LogP contribution in [0.15, 0.2) is 77.8 Å². The molecule has 1 atom stereocenters. The molecule has 0 aliphatic carbocycles. The van der Waals surface area contributed by atoms with Gasteiger partial charge in [0.15, 0.2) is 0 Å². The van der Waals surface area contributed by atoms with E-state index in [0.29, 0.717) is 16.3 Å². The highest BCUT2D eigenvalue weighted by molar-refractivity contribution is 6.31. The number of anilines is 1. The summed E-state index contributed by atoms with van der Waals surface area (Å²) < 4.78 is 14.7. The van der Waals surface area contributed by atoms with Crippen LogP contribution in [0.4, 0.5) is 10.1 Å². The zero-order chi connectivity index (χ0) is 21.5. The minimum Gasteiger partial charge on any atom is -0.311 e. The summed E-state index contributed by atoms with van der Waals surface area (Å²) in [7, 11) is 1.51. The van der Waals surface area contributed by atoms with Crippen LogP contribution in [0.25, 0.3) is 0 Å². The number of nitrogens with two attached hydrogens (primary N) is 1. The van der Waals surface area contributed by atoms with Gasteiger partial charge in [-0.1, -0.05) is 41.9 Å². The van der Waals surface area contributed by atoms with E-state index in [1.165, 1.54) is 48.3 Å². The fourth-order valence-electron chi connectivity index (χ4n) is 3.44. The van der Waals surface area contributed by atoms with E-state index in [1.54, 1.807) is 36.4 Å². The van der Waals surface area contributed by atoms with Gasteiger partial charge in [-0.15, -0.1) is 0 Å². The molecule has 1 aliphatic rings. The van der Waals surface area contributed by atoms with Gasteiger partial charge in [0.25, 0.3) is 11.6 Å². The molecule has 2 N–H and O–H groups in total. The Balaban J connectivity index is 1.98. The second kappa shape index (κ2) is 7.48. The first-order chi connectivity index (χ1) is 14.3. The Morgan fingerprint density at radius 1 is 1.00 bits per heavy atom. The Morgan fingerprint density at radius 2 is 1.60 bits per heavy atom. The number of aliphatic imine (C=N–C) groups is 1. The van der Waals surface area contributed by atoms with Crippen molar-refractivity contribution < 1.29 is 14.0 Å². The quantitative estimate of drug-likeness (QED) is 0.515. The number of amides is 1. The van der Waals surface area contributed by atoms with Crippen molar-refractivity contribution in [3.05, 3.63) is 100 Å². The first-order valence-corrected chi connectivity index (χ1v) is 9.52. The molecule has 5 nitrogen and oxygen atoms in total. The van der Waals surface area contributed by atoms with Gasteiger partial charge in [-0.3, -0.25) is 15.3 Å². The number of carbonyl (C=O) groups excluding carboxylic acids is 2. The predicted octanol–water partition coefficient (Wildman–Crippen LogP) is 3.83. The molecule has 0 saturated carbocycles. The number of hydrogen-bond donors (Lipinski definition) is 1. The lowest BCUT2D eigenvalue weighted by atomic mass is 9.97. The number of carbonyl (C=O) groups is 2. The second-order valence-corrected chi connectivity index (χ2v) is 7.36. The molecular formula is C23H17ClFN3O2. The highest BCUT2D eigenvalue weighted by Crippen LogP contribution is 2.31. The fraction of sp³-hybridized carbons (Fsp3) is 0.0870. The Morgan fingerprint density at radius 3 is 2.27 bits per heavy atom. The van der Waals surface area contributed by atoms with Gasteiger partial charge in [0.05, 0.1) is 11.4 Å². The SMILES string of the molecule is CN1C(=O)C(N)(C(=O)c2ccc(Cl)cc2)N=C(c2ccccc2F)c2ccccc21.